The molecule has 0 saturated carbocycles. The molecule has 0 aromatic heterocycles. The highest BCUT2D eigenvalue weighted by Gasteiger charge is 2.17. The molecule has 0 radical (unpaired) electrons. The Kier molecular flexibility index (Phi) is 5.62. The summed E-state index contributed by atoms with van der Waals surface area (Å²) in [4.78, 5) is 0. The van der Waals surface area contributed by atoms with E-state index in [4.69, 9.17) is 16.3 Å². The monoisotopic (exact) mass is 372 g/mol. The number of benzene rings is 2. The van der Waals surface area contributed by atoms with Crippen molar-refractivity contribution in [1.29, 1.82) is 0 Å². The van der Waals surface area contributed by atoms with Crippen LogP contribution in [0.25, 0.3) is 0 Å². The fourth-order valence-electron chi connectivity index (χ4n) is 1.92. The highest BCUT2D eigenvalue weighted by Crippen LogP contribution is 2.32. The molecule has 0 amide bonds. The summed E-state index contributed by atoms with van der Waals surface area (Å²) in [5, 5.41) is 10.7. The molecular formula is C16H15BrClFO2. The van der Waals surface area contributed by atoms with Crippen LogP contribution in [0.1, 0.15) is 30.6 Å². The number of hydrogen-bond acceptors (Lipinski definition) is 2. The smallest absolute Gasteiger partial charge is 0.133 e. The molecule has 2 rings (SSSR count). The van der Waals surface area contributed by atoms with Crippen molar-refractivity contribution in [2.75, 3.05) is 6.61 Å². The van der Waals surface area contributed by atoms with Gasteiger partial charge in [0.2, 0.25) is 0 Å². The standard InChI is InChI=1S/C16H15BrClFO2/c1-2-7-21-15-6-3-10(8-13(15)17)16(20)12-9-11(18)4-5-14(12)19/h3-6,8-9,16,20H,2,7H2,1H3. The molecular weight excluding hydrogens is 359 g/mol. The van der Waals surface area contributed by atoms with Crippen LogP contribution in [-0.2, 0) is 0 Å². The SMILES string of the molecule is CCCOc1ccc(C(O)c2cc(Cl)ccc2F)cc1Br. The van der Waals surface area contributed by atoms with Gasteiger partial charge in [0.15, 0.2) is 0 Å². The number of rotatable bonds is 5. The van der Waals surface area contributed by atoms with Gasteiger partial charge in [0, 0.05) is 10.6 Å². The van der Waals surface area contributed by atoms with E-state index in [0.29, 0.717) is 22.9 Å². The third-order valence-electron chi connectivity index (χ3n) is 2.99. The van der Waals surface area contributed by atoms with Gasteiger partial charge < -0.3 is 9.84 Å². The largest absolute Gasteiger partial charge is 0.492 e. The van der Waals surface area contributed by atoms with Crippen molar-refractivity contribution < 1.29 is 14.2 Å². The first-order valence-corrected chi connectivity index (χ1v) is 7.75. The van der Waals surface area contributed by atoms with Gasteiger partial charge in [-0.15, -0.1) is 0 Å². The number of halogens is 3. The van der Waals surface area contributed by atoms with Crippen LogP contribution in [0, 0.1) is 5.82 Å². The van der Waals surface area contributed by atoms with Crippen LogP contribution >= 0.6 is 27.5 Å². The molecule has 1 N–H and O–H groups in total. The summed E-state index contributed by atoms with van der Waals surface area (Å²) in [5.41, 5.74) is 0.712. The maximum Gasteiger partial charge on any atom is 0.133 e. The van der Waals surface area contributed by atoms with E-state index in [1.54, 1.807) is 18.2 Å². The zero-order valence-electron chi connectivity index (χ0n) is 11.4. The van der Waals surface area contributed by atoms with Crippen LogP contribution in [-0.4, -0.2) is 11.7 Å². The van der Waals surface area contributed by atoms with Crippen LogP contribution < -0.4 is 4.74 Å². The van der Waals surface area contributed by atoms with Crippen molar-refractivity contribution in [3.05, 3.63) is 62.8 Å². The van der Waals surface area contributed by atoms with Gasteiger partial charge in [-0.05, 0) is 58.2 Å². The summed E-state index contributed by atoms with van der Waals surface area (Å²) < 4.78 is 20.1. The Labute approximate surface area is 136 Å². The number of ether oxygens (including phenoxy) is 1. The second-order valence-electron chi connectivity index (χ2n) is 4.61. The fraction of sp³-hybridized carbons (Fsp3) is 0.250. The van der Waals surface area contributed by atoms with Crippen LogP contribution in [0.15, 0.2) is 40.9 Å². The Morgan fingerprint density at radius 1 is 1.29 bits per heavy atom. The molecule has 2 aromatic carbocycles. The summed E-state index contributed by atoms with van der Waals surface area (Å²) in [7, 11) is 0. The van der Waals surface area contributed by atoms with E-state index in [2.05, 4.69) is 15.9 Å². The van der Waals surface area contributed by atoms with Gasteiger partial charge in [0.05, 0.1) is 11.1 Å². The summed E-state index contributed by atoms with van der Waals surface area (Å²) in [6.45, 7) is 2.64. The van der Waals surface area contributed by atoms with Gasteiger partial charge in [-0.3, -0.25) is 0 Å². The summed E-state index contributed by atoms with van der Waals surface area (Å²) in [6, 6.07) is 9.30. The first kappa shape index (κ1) is 16.3. The molecule has 5 heteroatoms. The van der Waals surface area contributed by atoms with Crippen LogP contribution in [0.3, 0.4) is 0 Å². The Morgan fingerprint density at radius 2 is 2.05 bits per heavy atom. The molecule has 21 heavy (non-hydrogen) atoms. The van der Waals surface area contributed by atoms with Crippen LogP contribution in [0.4, 0.5) is 4.39 Å². The van der Waals surface area contributed by atoms with Crippen LogP contribution in [0.5, 0.6) is 5.75 Å². The lowest BCUT2D eigenvalue weighted by molar-refractivity contribution is 0.214. The lowest BCUT2D eigenvalue weighted by Crippen LogP contribution is -2.03. The fourth-order valence-corrected chi connectivity index (χ4v) is 2.61. The average molecular weight is 374 g/mol. The second kappa shape index (κ2) is 7.25. The van der Waals surface area contributed by atoms with Gasteiger partial charge in [-0.2, -0.15) is 0 Å². The molecule has 0 bridgehead atoms. The van der Waals surface area contributed by atoms with Crippen molar-refractivity contribution in [1.82, 2.24) is 0 Å². The van der Waals surface area contributed by atoms with Crippen LogP contribution in [0.2, 0.25) is 5.02 Å². The number of aliphatic hydroxyl groups is 1. The van der Waals surface area contributed by atoms with E-state index in [0.717, 1.165) is 10.9 Å². The van der Waals surface area contributed by atoms with Gasteiger partial charge in [0.25, 0.3) is 0 Å². The zero-order chi connectivity index (χ0) is 15.4. The molecule has 0 saturated heterocycles. The Balaban J connectivity index is 2.29. The minimum absolute atomic E-state index is 0.150. The Morgan fingerprint density at radius 3 is 2.71 bits per heavy atom. The molecule has 0 heterocycles. The molecule has 0 aliphatic heterocycles. The van der Waals surface area contributed by atoms with E-state index in [-0.39, 0.29) is 5.56 Å². The lowest BCUT2D eigenvalue weighted by Gasteiger charge is -2.15. The number of aliphatic hydroxyl groups excluding tert-OH is 1. The van der Waals surface area contributed by atoms with Crippen molar-refractivity contribution in [2.24, 2.45) is 0 Å². The molecule has 0 aliphatic carbocycles. The molecule has 1 atom stereocenters. The van der Waals surface area contributed by atoms with E-state index in [9.17, 15) is 9.50 Å². The lowest BCUT2D eigenvalue weighted by atomic mass is 10.0. The molecule has 2 nitrogen and oxygen atoms in total. The Hall–Kier alpha value is -1.10. The maximum absolute atomic E-state index is 13.8. The molecule has 0 spiro atoms. The van der Waals surface area contributed by atoms with E-state index < -0.39 is 11.9 Å². The minimum Gasteiger partial charge on any atom is -0.492 e. The van der Waals surface area contributed by atoms with Gasteiger partial charge >= 0.3 is 0 Å². The first-order chi connectivity index (χ1) is 10.0. The zero-order valence-corrected chi connectivity index (χ0v) is 13.8. The van der Waals surface area contributed by atoms with Crippen molar-refractivity contribution in [3.63, 3.8) is 0 Å². The van der Waals surface area contributed by atoms with E-state index in [1.165, 1.54) is 18.2 Å². The van der Waals surface area contributed by atoms with Gasteiger partial charge in [-0.1, -0.05) is 24.6 Å². The topological polar surface area (TPSA) is 29.5 Å². The molecule has 0 aliphatic rings. The maximum atomic E-state index is 13.8. The van der Waals surface area contributed by atoms with Crippen molar-refractivity contribution in [2.45, 2.75) is 19.4 Å². The molecule has 112 valence electrons. The predicted molar refractivity (Wildman–Crippen MR) is 85.4 cm³/mol. The number of hydrogen-bond donors (Lipinski definition) is 1. The van der Waals surface area contributed by atoms with E-state index in [1.807, 2.05) is 6.92 Å². The third kappa shape index (κ3) is 3.96. The minimum atomic E-state index is -1.08. The second-order valence-corrected chi connectivity index (χ2v) is 5.90. The quantitative estimate of drug-likeness (QED) is 0.789. The average Bonchev–Trinajstić information content (AvgIpc) is 2.47. The van der Waals surface area contributed by atoms with Gasteiger partial charge in [-0.25, -0.2) is 4.39 Å². The highest BCUT2D eigenvalue weighted by atomic mass is 79.9. The van der Waals surface area contributed by atoms with E-state index >= 15 is 0 Å². The Bertz CT molecular complexity index is 634. The highest BCUT2D eigenvalue weighted by molar-refractivity contribution is 9.10. The predicted octanol–water partition coefficient (Wildman–Crippen LogP) is 5.11. The normalized spacial score (nSPS) is 12.2. The molecule has 0 fully saturated rings. The molecule has 2 aromatic rings. The van der Waals surface area contributed by atoms with Crippen molar-refractivity contribution in [3.8, 4) is 5.75 Å². The third-order valence-corrected chi connectivity index (χ3v) is 3.84. The van der Waals surface area contributed by atoms with Crippen molar-refractivity contribution >= 4 is 27.5 Å². The summed E-state index contributed by atoms with van der Waals surface area (Å²) in [5.74, 6) is 0.202. The van der Waals surface area contributed by atoms with Gasteiger partial charge in [0.1, 0.15) is 17.7 Å². The molecule has 1 unspecified atom stereocenters. The summed E-state index contributed by atoms with van der Waals surface area (Å²) >= 11 is 9.25. The summed E-state index contributed by atoms with van der Waals surface area (Å²) in [6.07, 6.45) is -0.176. The first-order valence-electron chi connectivity index (χ1n) is 6.58.